The zero-order valence-corrected chi connectivity index (χ0v) is 12.5. The van der Waals surface area contributed by atoms with Crippen molar-refractivity contribution in [1.82, 2.24) is 5.32 Å². The smallest absolute Gasteiger partial charge is 0.126 e. The first-order valence-electron chi connectivity index (χ1n) is 6.82. The van der Waals surface area contributed by atoms with E-state index in [0.717, 1.165) is 19.0 Å². The lowest BCUT2D eigenvalue weighted by Gasteiger charge is -2.14. The highest BCUT2D eigenvalue weighted by Crippen LogP contribution is 2.16. The van der Waals surface area contributed by atoms with Gasteiger partial charge in [0.25, 0.3) is 0 Å². The Bertz CT molecular complexity index is 351. The molecule has 0 aliphatic carbocycles. The van der Waals surface area contributed by atoms with Crippen molar-refractivity contribution in [3.05, 3.63) is 35.4 Å². The summed E-state index contributed by atoms with van der Waals surface area (Å²) >= 11 is 1.88. The van der Waals surface area contributed by atoms with E-state index in [2.05, 4.69) is 11.6 Å². The summed E-state index contributed by atoms with van der Waals surface area (Å²) in [4.78, 5) is 0. The molecule has 0 amide bonds. The molecule has 0 aliphatic heterocycles. The Morgan fingerprint density at radius 1 is 1.05 bits per heavy atom. The first-order valence-corrected chi connectivity index (χ1v) is 8.21. The number of hydrogen-bond acceptors (Lipinski definition) is 2. The van der Waals surface area contributed by atoms with Gasteiger partial charge in [0.1, 0.15) is 11.6 Å². The summed E-state index contributed by atoms with van der Waals surface area (Å²) in [7, 11) is 0. The van der Waals surface area contributed by atoms with Crippen LogP contribution in [0.3, 0.4) is 0 Å². The number of nitrogens with one attached hydrogen (secondary N) is 1. The van der Waals surface area contributed by atoms with Gasteiger partial charge >= 0.3 is 0 Å². The highest BCUT2D eigenvalue weighted by Gasteiger charge is 2.07. The van der Waals surface area contributed by atoms with Gasteiger partial charge in [-0.25, -0.2) is 8.78 Å². The molecule has 1 rings (SSSR count). The Hall–Kier alpha value is -0.610. The Labute approximate surface area is 119 Å². The molecule has 1 nitrogen and oxygen atoms in total. The minimum Gasteiger partial charge on any atom is -0.310 e. The topological polar surface area (TPSA) is 12.0 Å². The molecule has 0 aromatic heterocycles. The average molecular weight is 287 g/mol. The molecule has 1 N–H and O–H groups in total. The third-order valence-corrected chi connectivity index (χ3v) is 3.81. The monoisotopic (exact) mass is 287 g/mol. The molecular formula is C15H23F2NS. The van der Waals surface area contributed by atoms with Crippen molar-refractivity contribution in [2.45, 2.75) is 38.6 Å². The molecule has 1 aromatic carbocycles. The highest BCUT2D eigenvalue weighted by molar-refractivity contribution is 7.98. The van der Waals surface area contributed by atoms with Crippen molar-refractivity contribution >= 4 is 11.8 Å². The van der Waals surface area contributed by atoms with E-state index in [-0.39, 0.29) is 6.04 Å². The predicted octanol–water partition coefficient (Wildman–Crippen LogP) is 4.54. The van der Waals surface area contributed by atoms with Gasteiger partial charge in [0, 0.05) is 12.1 Å². The van der Waals surface area contributed by atoms with E-state index < -0.39 is 11.6 Å². The molecule has 19 heavy (non-hydrogen) atoms. The molecule has 0 saturated carbocycles. The first kappa shape index (κ1) is 16.4. The summed E-state index contributed by atoms with van der Waals surface area (Å²) in [5.74, 6) is 0.202. The van der Waals surface area contributed by atoms with Crippen LogP contribution in [-0.4, -0.2) is 18.6 Å². The van der Waals surface area contributed by atoms with E-state index in [1.807, 2.05) is 18.7 Å². The molecule has 0 heterocycles. The van der Waals surface area contributed by atoms with Crippen LogP contribution in [0.2, 0.25) is 0 Å². The quantitative estimate of drug-likeness (QED) is 0.669. The Morgan fingerprint density at radius 3 is 2.32 bits per heavy atom. The van der Waals surface area contributed by atoms with Gasteiger partial charge < -0.3 is 5.32 Å². The molecule has 0 bridgehead atoms. The standard InChI is InChI=1S/C15H23F2NS/c1-12(13-9-14(16)11-15(17)10-13)18-7-5-3-4-6-8-19-2/h9-12,18H,3-8H2,1-2H3. The minimum atomic E-state index is -0.513. The highest BCUT2D eigenvalue weighted by atomic mass is 32.2. The molecule has 0 spiro atoms. The van der Waals surface area contributed by atoms with Gasteiger partial charge in [-0.2, -0.15) is 11.8 Å². The maximum absolute atomic E-state index is 13.1. The fraction of sp³-hybridized carbons (Fsp3) is 0.600. The van der Waals surface area contributed by atoms with Gasteiger partial charge in [0.05, 0.1) is 0 Å². The number of unbranched alkanes of at least 4 members (excludes halogenated alkanes) is 3. The van der Waals surface area contributed by atoms with Crippen LogP contribution in [0.4, 0.5) is 8.78 Å². The van der Waals surface area contributed by atoms with Crippen molar-refractivity contribution in [1.29, 1.82) is 0 Å². The second kappa shape index (κ2) is 9.32. The van der Waals surface area contributed by atoms with Crippen LogP contribution in [-0.2, 0) is 0 Å². The van der Waals surface area contributed by atoms with Gasteiger partial charge in [-0.3, -0.25) is 0 Å². The third-order valence-electron chi connectivity index (χ3n) is 3.11. The maximum atomic E-state index is 13.1. The Kier molecular flexibility index (Phi) is 8.07. The van der Waals surface area contributed by atoms with Crippen LogP contribution in [0.1, 0.15) is 44.2 Å². The molecule has 0 saturated heterocycles. The van der Waals surface area contributed by atoms with Gasteiger partial charge in [-0.15, -0.1) is 0 Å². The number of halogens is 2. The number of rotatable bonds is 9. The first-order chi connectivity index (χ1) is 9.13. The summed E-state index contributed by atoms with van der Waals surface area (Å²) in [6.07, 6.45) is 6.97. The minimum absolute atomic E-state index is 0.0172. The Balaban J connectivity index is 2.22. The lowest BCUT2D eigenvalue weighted by atomic mass is 10.1. The molecule has 0 radical (unpaired) electrons. The fourth-order valence-electron chi connectivity index (χ4n) is 1.99. The zero-order chi connectivity index (χ0) is 14.1. The van der Waals surface area contributed by atoms with E-state index >= 15 is 0 Å². The predicted molar refractivity (Wildman–Crippen MR) is 79.6 cm³/mol. The molecule has 108 valence electrons. The van der Waals surface area contributed by atoms with Crippen LogP contribution >= 0.6 is 11.8 Å². The molecule has 1 atom stereocenters. The third kappa shape index (κ3) is 6.92. The lowest BCUT2D eigenvalue weighted by Crippen LogP contribution is -2.20. The van der Waals surface area contributed by atoms with Crippen molar-refractivity contribution < 1.29 is 8.78 Å². The second-order valence-corrected chi connectivity index (χ2v) is 5.77. The van der Waals surface area contributed by atoms with Gasteiger partial charge in [-0.05, 0) is 56.0 Å². The molecular weight excluding hydrogens is 264 g/mol. The molecule has 0 aliphatic rings. The SMILES string of the molecule is CSCCCCCCNC(C)c1cc(F)cc(F)c1. The maximum Gasteiger partial charge on any atom is 0.126 e. The second-order valence-electron chi connectivity index (χ2n) is 4.79. The van der Waals surface area contributed by atoms with Crippen LogP contribution in [0.25, 0.3) is 0 Å². The van der Waals surface area contributed by atoms with E-state index in [0.29, 0.717) is 5.56 Å². The Morgan fingerprint density at radius 2 is 1.68 bits per heavy atom. The van der Waals surface area contributed by atoms with Crippen molar-refractivity contribution in [2.24, 2.45) is 0 Å². The summed E-state index contributed by atoms with van der Waals surface area (Å²) in [5, 5.41) is 3.31. The van der Waals surface area contributed by atoms with Gasteiger partial charge in [0.15, 0.2) is 0 Å². The normalized spacial score (nSPS) is 12.6. The zero-order valence-electron chi connectivity index (χ0n) is 11.7. The summed E-state index contributed by atoms with van der Waals surface area (Å²) in [6, 6.07) is 3.66. The van der Waals surface area contributed by atoms with E-state index in [9.17, 15) is 8.78 Å². The number of benzene rings is 1. The molecule has 1 aromatic rings. The summed E-state index contributed by atoms with van der Waals surface area (Å²) in [5.41, 5.74) is 0.667. The average Bonchev–Trinajstić information content (AvgIpc) is 2.36. The number of thioether (sulfide) groups is 1. The van der Waals surface area contributed by atoms with Crippen molar-refractivity contribution in [3.63, 3.8) is 0 Å². The summed E-state index contributed by atoms with van der Waals surface area (Å²) in [6.45, 7) is 2.82. The molecule has 4 heteroatoms. The van der Waals surface area contributed by atoms with Crippen LogP contribution in [0, 0.1) is 11.6 Å². The molecule has 1 unspecified atom stereocenters. The van der Waals surface area contributed by atoms with E-state index in [4.69, 9.17) is 0 Å². The fourth-order valence-corrected chi connectivity index (χ4v) is 2.48. The van der Waals surface area contributed by atoms with Gasteiger partial charge in [-0.1, -0.05) is 12.8 Å². The van der Waals surface area contributed by atoms with Crippen LogP contribution in [0.5, 0.6) is 0 Å². The summed E-state index contributed by atoms with van der Waals surface area (Å²) < 4.78 is 26.2. The largest absolute Gasteiger partial charge is 0.310 e. The molecule has 0 fully saturated rings. The van der Waals surface area contributed by atoms with Crippen molar-refractivity contribution in [2.75, 3.05) is 18.6 Å². The van der Waals surface area contributed by atoms with E-state index in [1.165, 1.54) is 37.1 Å². The van der Waals surface area contributed by atoms with Gasteiger partial charge in [0.2, 0.25) is 0 Å². The number of hydrogen-bond donors (Lipinski definition) is 1. The van der Waals surface area contributed by atoms with Crippen LogP contribution < -0.4 is 5.32 Å². The van der Waals surface area contributed by atoms with Crippen molar-refractivity contribution in [3.8, 4) is 0 Å². The van der Waals surface area contributed by atoms with E-state index in [1.54, 1.807) is 0 Å². The van der Waals surface area contributed by atoms with Crippen LogP contribution in [0.15, 0.2) is 18.2 Å². The lowest BCUT2D eigenvalue weighted by molar-refractivity contribution is 0.525.